The number of nitrogens with two attached hydrogens (primary N) is 1. The Kier molecular flexibility index (Phi) is 7.24. The van der Waals surface area contributed by atoms with Gasteiger partial charge in [0.1, 0.15) is 5.82 Å². The first-order valence-electron chi connectivity index (χ1n) is 6.38. The third-order valence-corrected chi connectivity index (χ3v) is 3.72. The minimum atomic E-state index is -1.18. The molecule has 0 saturated heterocycles. The number of nitrogen functional groups attached to an aromatic ring is 1. The zero-order valence-electron chi connectivity index (χ0n) is 12.1. The van der Waals surface area contributed by atoms with Gasteiger partial charge in [-0.05, 0) is 17.9 Å². The van der Waals surface area contributed by atoms with Gasteiger partial charge in [-0.3, -0.25) is 0 Å². The number of aliphatic carboxylic acids is 1. The average molecular weight is 314 g/mol. The Morgan fingerprint density at radius 2 is 2.19 bits per heavy atom. The first-order chi connectivity index (χ1) is 9.61. The van der Waals surface area contributed by atoms with Crippen molar-refractivity contribution in [2.45, 2.75) is 32.1 Å². The molecule has 2 aromatic rings. The van der Waals surface area contributed by atoms with Gasteiger partial charge < -0.3 is 15.6 Å². The molecule has 0 aromatic carbocycles. The first-order valence-corrected chi connectivity index (χ1v) is 7.26. The van der Waals surface area contributed by atoms with E-state index >= 15 is 0 Å². The van der Waals surface area contributed by atoms with Crippen LogP contribution < -0.4 is 40.4 Å². The Morgan fingerprint density at radius 1 is 1.43 bits per heavy atom. The van der Waals surface area contributed by atoms with Gasteiger partial charge in [0.2, 0.25) is 5.95 Å². The monoisotopic (exact) mass is 314 g/mol. The number of thiophene rings is 1. The number of hydrogen-bond acceptors (Lipinski definition) is 7. The quantitative estimate of drug-likeness (QED) is 0.631. The first kappa shape index (κ1) is 18.0. The van der Waals surface area contributed by atoms with Crippen LogP contribution >= 0.6 is 11.3 Å². The molecule has 2 rings (SSSR count). The van der Waals surface area contributed by atoms with Crippen molar-refractivity contribution in [2.24, 2.45) is 0 Å². The van der Waals surface area contributed by atoms with E-state index in [9.17, 15) is 9.90 Å². The number of anilines is 1. The number of carbonyl (C=O) groups excluding carboxylic acids is 1. The molecule has 1 unspecified atom stereocenters. The fourth-order valence-electron chi connectivity index (χ4n) is 1.84. The second-order valence-electron chi connectivity index (χ2n) is 4.37. The number of carbonyl (C=O) groups is 1. The zero-order valence-corrected chi connectivity index (χ0v) is 14.9. The van der Waals surface area contributed by atoms with Crippen LogP contribution in [0.15, 0.2) is 17.5 Å². The summed E-state index contributed by atoms with van der Waals surface area (Å²) in [6.07, 6.45) is 2.09. The molecule has 0 aliphatic carbocycles. The minimum absolute atomic E-state index is 0. The van der Waals surface area contributed by atoms with E-state index in [4.69, 9.17) is 5.73 Å². The van der Waals surface area contributed by atoms with Crippen molar-refractivity contribution < 1.29 is 39.5 Å². The van der Waals surface area contributed by atoms with E-state index in [0.29, 0.717) is 12.2 Å². The van der Waals surface area contributed by atoms with Crippen molar-refractivity contribution in [3.63, 3.8) is 0 Å². The van der Waals surface area contributed by atoms with Crippen molar-refractivity contribution in [3.8, 4) is 10.7 Å². The molecule has 6 nitrogen and oxygen atoms in total. The van der Waals surface area contributed by atoms with E-state index < -0.39 is 11.9 Å². The van der Waals surface area contributed by atoms with E-state index in [0.717, 1.165) is 17.7 Å². The van der Waals surface area contributed by atoms with Crippen LogP contribution in [0, 0.1) is 0 Å². The smallest absolute Gasteiger partial charge is 0.549 e. The number of unbranched alkanes of at least 4 members (excludes halogenated alkanes) is 1. The molecule has 0 radical (unpaired) electrons. The number of rotatable bonds is 6. The van der Waals surface area contributed by atoms with Gasteiger partial charge in [-0.25, -0.2) is 4.98 Å². The molecule has 0 spiro atoms. The van der Waals surface area contributed by atoms with E-state index in [1.165, 1.54) is 11.3 Å². The maximum Gasteiger partial charge on any atom is 1.00 e. The number of carboxylic acids is 1. The molecule has 0 aliphatic rings. The Balaban J connectivity index is 0.00000220. The van der Waals surface area contributed by atoms with Gasteiger partial charge in [0, 0.05) is 0 Å². The molecule has 0 fully saturated rings. The third-order valence-electron chi connectivity index (χ3n) is 2.85. The molecule has 2 aromatic heterocycles. The number of nitrogens with zero attached hydrogens (tertiary/aromatic N) is 3. The summed E-state index contributed by atoms with van der Waals surface area (Å²) in [4.78, 5) is 24.3. The van der Waals surface area contributed by atoms with Crippen LogP contribution in [0.25, 0.3) is 10.7 Å². The van der Waals surface area contributed by atoms with Crippen LogP contribution in [0.4, 0.5) is 5.95 Å². The fraction of sp³-hybridized carbons (Fsp3) is 0.385. The Hall–Kier alpha value is -1.02. The molecule has 1 atom stereocenters. The molecule has 0 amide bonds. The Labute approximate surface area is 149 Å². The van der Waals surface area contributed by atoms with E-state index in [2.05, 4.69) is 15.0 Å². The average Bonchev–Trinajstić information content (AvgIpc) is 2.92. The summed E-state index contributed by atoms with van der Waals surface area (Å²) in [6.45, 7) is 1.99. The summed E-state index contributed by atoms with van der Waals surface area (Å²) in [5.41, 5.74) is 5.66. The van der Waals surface area contributed by atoms with Crippen molar-refractivity contribution in [3.05, 3.63) is 23.3 Å². The normalized spacial score (nSPS) is 11.7. The van der Waals surface area contributed by atoms with Crippen LogP contribution in [0.5, 0.6) is 0 Å². The maximum atomic E-state index is 11.3. The van der Waals surface area contributed by atoms with E-state index in [1.54, 1.807) is 0 Å². The molecule has 21 heavy (non-hydrogen) atoms. The molecule has 2 heterocycles. The summed E-state index contributed by atoms with van der Waals surface area (Å²) >= 11 is 1.46. The van der Waals surface area contributed by atoms with E-state index in [1.807, 2.05) is 24.4 Å². The maximum absolute atomic E-state index is 11.3. The van der Waals surface area contributed by atoms with Crippen molar-refractivity contribution in [2.75, 3.05) is 5.73 Å². The molecule has 0 aliphatic heterocycles. The van der Waals surface area contributed by atoms with Gasteiger partial charge in [-0.2, -0.15) is 9.97 Å². The molecule has 2 N–H and O–H groups in total. The molecule has 0 saturated carbocycles. The SMILES string of the molecule is CCCCC(C(=O)[O-])c1nc(N)nc(-c2cccs2)n1.[Na+]. The Morgan fingerprint density at radius 3 is 2.76 bits per heavy atom. The number of carboxylic acid groups (broad SMARTS) is 1. The van der Waals surface area contributed by atoms with Crippen LogP contribution in [0.3, 0.4) is 0 Å². The topological polar surface area (TPSA) is 105 Å². The van der Waals surface area contributed by atoms with Crippen LogP contribution in [-0.2, 0) is 4.79 Å². The van der Waals surface area contributed by atoms with Crippen molar-refractivity contribution in [1.29, 1.82) is 0 Å². The second-order valence-corrected chi connectivity index (χ2v) is 5.31. The molecule has 8 heteroatoms. The molecular formula is C13H15N4NaO2S. The van der Waals surface area contributed by atoms with Gasteiger partial charge in [0.15, 0.2) is 5.82 Å². The van der Waals surface area contributed by atoms with Gasteiger partial charge >= 0.3 is 29.6 Å². The van der Waals surface area contributed by atoms with Gasteiger partial charge in [-0.15, -0.1) is 11.3 Å². The van der Waals surface area contributed by atoms with E-state index in [-0.39, 0.29) is 41.3 Å². The molecular weight excluding hydrogens is 299 g/mol. The van der Waals surface area contributed by atoms with Crippen molar-refractivity contribution >= 4 is 23.3 Å². The second kappa shape index (κ2) is 8.43. The van der Waals surface area contributed by atoms with Crippen LogP contribution in [-0.4, -0.2) is 20.9 Å². The van der Waals surface area contributed by atoms with Crippen LogP contribution in [0.2, 0.25) is 0 Å². The van der Waals surface area contributed by atoms with Gasteiger partial charge in [0.25, 0.3) is 0 Å². The summed E-state index contributed by atoms with van der Waals surface area (Å²) in [7, 11) is 0. The Bertz CT molecular complexity index is 592. The minimum Gasteiger partial charge on any atom is -0.549 e. The number of aromatic nitrogens is 3. The zero-order chi connectivity index (χ0) is 14.5. The van der Waals surface area contributed by atoms with Gasteiger partial charge in [-0.1, -0.05) is 25.8 Å². The summed E-state index contributed by atoms with van der Waals surface area (Å²) in [6, 6.07) is 3.72. The summed E-state index contributed by atoms with van der Waals surface area (Å²) in [5.74, 6) is -1.42. The predicted octanol–water partition coefficient (Wildman–Crippen LogP) is -1.79. The molecule has 0 bridgehead atoms. The van der Waals surface area contributed by atoms with Crippen molar-refractivity contribution in [1.82, 2.24) is 15.0 Å². The van der Waals surface area contributed by atoms with Crippen LogP contribution in [0.1, 0.15) is 37.9 Å². The largest absolute Gasteiger partial charge is 1.00 e. The standard InChI is InChI=1S/C13H16N4O2S.Na/c1-2-3-5-8(12(18)19)10-15-11(17-13(14)16-10)9-6-4-7-20-9;/h4,6-8H,2-3,5H2,1H3,(H,18,19)(H2,14,15,16,17);/q;+1/p-1. The summed E-state index contributed by atoms with van der Waals surface area (Å²) in [5, 5.41) is 13.2. The molecule has 106 valence electrons. The summed E-state index contributed by atoms with van der Waals surface area (Å²) < 4.78 is 0. The predicted molar refractivity (Wildman–Crippen MR) is 74.8 cm³/mol. The number of hydrogen-bond donors (Lipinski definition) is 1. The third kappa shape index (κ3) is 4.74. The van der Waals surface area contributed by atoms with Gasteiger partial charge in [0.05, 0.1) is 16.8 Å². The fourth-order valence-corrected chi connectivity index (χ4v) is 2.50.